The highest BCUT2D eigenvalue weighted by Gasteiger charge is 2.37. The second-order valence-electron chi connectivity index (χ2n) is 4.83. The van der Waals surface area contributed by atoms with Crippen molar-refractivity contribution in [1.82, 2.24) is 9.88 Å². The first-order chi connectivity index (χ1) is 8.71. The van der Waals surface area contributed by atoms with Crippen LogP contribution >= 0.6 is 0 Å². The zero-order valence-electron chi connectivity index (χ0n) is 10.8. The highest BCUT2D eigenvalue weighted by Crippen LogP contribution is 2.37. The molecule has 0 bridgehead atoms. The quantitative estimate of drug-likeness (QED) is 0.827. The van der Waals surface area contributed by atoms with Crippen LogP contribution in [0.3, 0.4) is 0 Å². The predicted octanol–water partition coefficient (Wildman–Crippen LogP) is 3.70. The lowest BCUT2D eigenvalue weighted by Crippen LogP contribution is -2.16. The van der Waals surface area contributed by atoms with Crippen molar-refractivity contribution in [3.63, 3.8) is 0 Å². The van der Waals surface area contributed by atoms with Gasteiger partial charge in [0.15, 0.2) is 0 Å². The first-order valence-electron chi connectivity index (χ1n) is 5.73. The molecule has 1 aromatic heterocycles. The molecule has 0 spiro atoms. The Balaban J connectivity index is 2.82. The van der Waals surface area contributed by atoms with Gasteiger partial charge in [0.2, 0.25) is 0 Å². The third-order valence-electron chi connectivity index (χ3n) is 2.97. The number of nitrogens with one attached hydrogen (secondary N) is 1. The summed E-state index contributed by atoms with van der Waals surface area (Å²) in [5, 5.41) is 0.320. The van der Waals surface area contributed by atoms with E-state index in [0.717, 1.165) is 0 Å². The molecule has 2 nitrogen and oxygen atoms in total. The molecule has 0 aliphatic rings. The number of hydrogen-bond acceptors (Lipinski definition) is 1. The SMILES string of the molecule is Cc1ccc(F)c2[nH]c(C(F)(F)F)c(CN(C)C)c12. The summed E-state index contributed by atoms with van der Waals surface area (Å²) in [5.41, 5.74) is -0.238. The molecule has 0 amide bonds. The monoisotopic (exact) mass is 274 g/mol. The number of aromatic amines is 1. The van der Waals surface area contributed by atoms with Gasteiger partial charge in [-0.05, 0) is 32.6 Å². The maximum absolute atomic E-state index is 13.7. The fourth-order valence-electron chi connectivity index (χ4n) is 2.23. The first kappa shape index (κ1) is 13.9. The molecule has 1 N–H and O–H groups in total. The molecule has 0 aliphatic carbocycles. The number of aromatic nitrogens is 1. The van der Waals surface area contributed by atoms with Gasteiger partial charge in [-0.15, -0.1) is 0 Å². The molecule has 0 aliphatic heterocycles. The average Bonchev–Trinajstić information content (AvgIpc) is 2.63. The summed E-state index contributed by atoms with van der Waals surface area (Å²) >= 11 is 0. The van der Waals surface area contributed by atoms with Gasteiger partial charge in [0, 0.05) is 17.5 Å². The molecule has 0 unspecified atom stereocenters. The number of aryl methyl sites for hydroxylation is 1. The van der Waals surface area contributed by atoms with Crippen LogP contribution in [0.1, 0.15) is 16.8 Å². The van der Waals surface area contributed by atoms with Crippen molar-refractivity contribution in [1.29, 1.82) is 0 Å². The van der Waals surface area contributed by atoms with Crippen LogP contribution in [0, 0.1) is 12.7 Å². The van der Waals surface area contributed by atoms with Gasteiger partial charge in [-0.2, -0.15) is 13.2 Å². The van der Waals surface area contributed by atoms with Gasteiger partial charge < -0.3 is 9.88 Å². The lowest BCUT2D eigenvalue weighted by Gasteiger charge is -2.13. The highest BCUT2D eigenvalue weighted by atomic mass is 19.4. The third-order valence-corrected chi connectivity index (χ3v) is 2.97. The Morgan fingerprint density at radius 3 is 2.37 bits per heavy atom. The summed E-state index contributed by atoms with van der Waals surface area (Å²) < 4.78 is 52.8. The van der Waals surface area contributed by atoms with Crippen LogP contribution in [0.4, 0.5) is 17.6 Å². The maximum atomic E-state index is 13.7. The fraction of sp³-hybridized carbons (Fsp3) is 0.385. The number of benzene rings is 1. The van der Waals surface area contributed by atoms with Crippen molar-refractivity contribution in [2.75, 3.05) is 14.1 Å². The Morgan fingerprint density at radius 1 is 1.21 bits per heavy atom. The van der Waals surface area contributed by atoms with E-state index in [1.165, 1.54) is 12.1 Å². The van der Waals surface area contributed by atoms with Crippen LogP contribution in [0.5, 0.6) is 0 Å². The number of hydrogen-bond donors (Lipinski definition) is 1. The zero-order valence-corrected chi connectivity index (χ0v) is 10.8. The lowest BCUT2D eigenvalue weighted by molar-refractivity contribution is -0.141. The van der Waals surface area contributed by atoms with E-state index >= 15 is 0 Å². The van der Waals surface area contributed by atoms with Crippen LogP contribution in [0.2, 0.25) is 0 Å². The second-order valence-corrected chi connectivity index (χ2v) is 4.83. The Bertz CT molecular complexity index is 611. The number of alkyl halides is 3. The minimum atomic E-state index is -4.52. The number of halogens is 4. The zero-order chi connectivity index (χ0) is 14.4. The summed E-state index contributed by atoms with van der Waals surface area (Å²) in [6, 6.07) is 2.67. The third kappa shape index (κ3) is 2.45. The lowest BCUT2D eigenvalue weighted by atomic mass is 10.0. The van der Waals surface area contributed by atoms with Gasteiger partial charge >= 0.3 is 6.18 Å². The Hall–Kier alpha value is -1.56. The normalized spacial score (nSPS) is 12.6. The van der Waals surface area contributed by atoms with Gasteiger partial charge in [0.05, 0.1) is 5.52 Å². The van der Waals surface area contributed by atoms with E-state index in [4.69, 9.17) is 0 Å². The highest BCUT2D eigenvalue weighted by molar-refractivity contribution is 5.88. The van der Waals surface area contributed by atoms with E-state index in [1.807, 2.05) is 0 Å². The molecule has 2 rings (SSSR count). The largest absolute Gasteiger partial charge is 0.431 e. The van der Waals surface area contributed by atoms with Crippen LogP contribution in [-0.2, 0) is 12.7 Å². The predicted molar refractivity (Wildman–Crippen MR) is 65.4 cm³/mol. The minimum absolute atomic E-state index is 0.0795. The van der Waals surface area contributed by atoms with E-state index in [2.05, 4.69) is 4.98 Å². The van der Waals surface area contributed by atoms with Crippen molar-refractivity contribution in [3.8, 4) is 0 Å². The molecule has 0 saturated heterocycles. The summed E-state index contributed by atoms with van der Waals surface area (Å²) in [6.07, 6.45) is -4.52. The van der Waals surface area contributed by atoms with Crippen molar-refractivity contribution in [2.45, 2.75) is 19.6 Å². The van der Waals surface area contributed by atoms with Crippen molar-refractivity contribution in [2.24, 2.45) is 0 Å². The van der Waals surface area contributed by atoms with Crippen LogP contribution in [0.15, 0.2) is 12.1 Å². The molecule has 0 radical (unpaired) electrons. The van der Waals surface area contributed by atoms with Gasteiger partial charge in [0.25, 0.3) is 0 Å². The summed E-state index contributed by atoms with van der Waals surface area (Å²) in [5.74, 6) is -0.670. The molecule has 1 aromatic carbocycles. The fourth-order valence-corrected chi connectivity index (χ4v) is 2.23. The van der Waals surface area contributed by atoms with E-state index in [1.54, 1.807) is 25.9 Å². The van der Waals surface area contributed by atoms with Gasteiger partial charge in [-0.25, -0.2) is 4.39 Å². The number of rotatable bonds is 2. The molecule has 6 heteroatoms. The van der Waals surface area contributed by atoms with Crippen molar-refractivity contribution < 1.29 is 17.6 Å². The number of nitrogens with zero attached hydrogens (tertiary/aromatic N) is 1. The summed E-state index contributed by atoms with van der Waals surface area (Å²) in [4.78, 5) is 3.82. The number of fused-ring (bicyclic) bond motifs is 1. The van der Waals surface area contributed by atoms with Gasteiger partial charge in [-0.1, -0.05) is 6.07 Å². The molecule has 1 heterocycles. The molecule has 19 heavy (non-hydrogen) atoms. The summed E-state index contributed by atoms with van der Waals surface area (Å²) in [7, 11) is 3.35. The van der Waals surface area contributed by atoms with E-state index in [-0.39, 0.29) is 17.6 Å². The second kappa shape index (κ2) is 4.52. The minimum Gasteiger partial charge on any atom is -0.348 e. The van der Waals surface area contributed by atoms with Crippen LogP contribution in [0.25, 0.3) is 10.9 Å². The Labute approximate surface area is 108 Å². The van der Waals surface area contributed by atoms with Crippen LogP contribution < -0.4 is 0 Å². The molecular weight excluding hydrogens is 260 g/mol. The topological polar surface area (TPSA) is 19.0 Å². The molecule has 0 fully saturated rings. The first-order valence-corrected chi connectivity index (χ1v) is 5.73. The Kier molecular flexibility index (Phi) is 3.30. The number of H-pyrrole nitrogens is 1. The van der Waals surface area contributed by atoms with E-state index < -0.39 is 17.7 Å². The van der Waals surface area contributed by atoms with E-state index in [0.29, 0.717) is 10.9 Å². The molecule has 104 valence electrons. The molecule has 2 aromatic rings. The van der Waals surface area contributed by atoms with E-state index in [9.17, 15) is 17.6 Å². The standard InChI is InChI=1S/C13H14F4N2/c1-7-4-5-9(14)11-10(7)8(6-19(2)3)12(18-11)13(15,16)17/h4-5,18H,6H2,1-3H3. The molecule has 0 atom stereocenters. The molecule has 0 saturated carbocycles. The van der Waals surface area contributed by atoms with Gasteiger partial charge in [-0.3, -0.25) is 0 Å². The maximum Gasteiger partial charge on any atom is 0.431 e. The smallest absolute Gasteiger partial charge is 0.348 e. The van der Waals surface area contributed by atoms with Crippen molar-refractivity contribution in [3.05, 3.63) is 34.8 Å². The summed E-state index contributed by atoms with van der Waals surface area (Å²) in [6.45, 7) is 1.77. The van der Waals surface area contributed by atoms with Gasteiger partial charge in [0.1, 0.15) is 11.5 Å². The van der Waals surface area contributed by atoms with Crippen LogP contribution in [-0.4, -0.2) is 24.0 Å². The Morgan fingerprint density at radius 2 is 1.84 bits per heavy atom. The molecular formula is C13H14F4N2. The average molecular weight is 274 g/mol. The van der Waals surface area contributed by atoms with Crippen molar-refractivity contribution >= 4 is 10.9 Å².